The van der Waals surface area contributed by atoms with Crippen LogP contribution in [-0.2, 0) is 0 Å². The summed E-state index contributed by atoms with van der Waals surface area (Å²) in [7, 11) is 0. The van der Waals surface area contributed by atoms with Gasteiger partial charge in [-0.15, -0.1) is 0 Å². The molecule has 1 saturated carbocycles. The maximum Gasteiger partial charge on any atom is 0.153 e. The first-order valence-corrected chi connectivity index (χ1v) is 6.39. The quantitative estimate of drug-likeness (QED) is 0.897. The van der Waals surface area contributed by atoms with Crippen molar-refractivity contribution < 1.29 is 9.52 Å². The summed E-state index contributed by atoms with van der Waals surface area (Å²) >= 11 is 9.45. The summed E-state index contributed by atoms with van der Waals surface area (Å²) in [6.45, 7) is 0. The summed E-state index contributed by atoms with van der Waals surface area (Å²) in [6, 6.07) is 5.60. The number of hydrogen-bond donors (Lipinski definition) is 1. The summed E-state index contributed by atoms with van der Waals surface area (Å²) in [6.07, 6.45) is 1.67. The number of benzene rings is 1. The van der Waals surface area contributed by atoms with E-state index in [0.29, 0.717) is 22.3 Å². The smallest absolute Gasteiger partial charge is 0.153 e. The van der Waals surface area contributed by atoms with E-state index in [1.807, 2.05) is 12.1 Å². The molecule has 1 heterocycles. The Bertz CT molecular complexity index is 545. The second-order valence-corrected chi connectivity index (χ2v) is 5.56. The summed E-state index contributed by atoms with van der Waals surface area (Å²) in [5, 5.41) is 11.5. The van der Waals surface area contributed by atoms with Crippen LogP contribution >= 0.6 is 27.5 Å². The Morgan fingerprint density at radius 1 is 1.38 bits per heavy atom. The molecule has 0 radical (unpaired) electrons. The first kappa shape index (κ1) is 10.6. The lowest BCUT2D eigenvalue weighted by molar-refractivity contribution is 0.129. The average Bonchev–Trinajstić information content (AvgIpc) is 2.97. The van der Waals surface area contributed by atoms with Gasteiger partial charge in [0.15, 0.2) is 5.58 Å². The molecule has 0 aliphatic heterocycles. The van der Waals surface area contributed by atoms with Gasteiger partial charge >= 0.3 is 0 Å². The Kier molecular flexibility index (Phi) is 2.50. The van der Waals surface area contributed by atoms with Crippen LogP contribution in [0.25, 0.3) is 11.0 Å². The van der Waals surface area contributed by atoms with Crippen molar-refractivity contribution in [3.63, 3.8) is 0 Å². The molecule has 3 rings (SSSR count). The highest BCUT2D eigenvalue weighted by atomic mass is 79.9. The average molecular weight is 302 g/mol. The zero-order chi connectivity index (χ0) is 11.3. The molecule has 1 aliphatic rings. The van der Waals surface area contributed by atoms with E-state index in [-0.39, 0.29) is 0 Å². The van der Waals surface area contributed by atoms with Gasteiger partial charge in [-0.3, -0.25) is 0 Å². The molecule has 1 aliphatic carbocycles. The zero-order valence-electron chi connectivity index (χ0n) is 8.41. The molecule has 16 heavy (non-hydrogen) atoms. The summed E-state index contributed by atoms with van der Waals surface area (Å²) in [4.78, 5) is 0. The van der Waals surface area contributed by atoms with Crippen molar-refractivity contribution in [3.8, 4) is 0 Å². The third-order valence-electron chi connectivity index (χ3n) is 2.91. The number of aliphatic hydroxyl groups is 1. The van der Waals surface area contributed by atoms with Gasteiger partial charge in [0.2, 0.25) is 0 Å². The Hall–Kier alpha value is -0.510. The summed E-state index contributed by atoms with van der Waals surface area (Å²) in [5.74, 6) is 0.986. The number of aliphatic hydroxyl groups excluding tert-OH is 1. The highest BCUT2D eigenvalue weighted by Gasteiger charge is 2.33. The predicted molar refractivity (Wildman–Crippen MR) is 66.6 cm³/mol. The third kappa shape index (κ3) is 1.77. The normalized spacial score (nSPS) is 17.9. The molecule has 0 bridgehead atoms. The lowest BCUT2D eigenvalue weighted by atomic mass is 10.1. The predicted octanol–water partition coefficient (Wildman–Crippen LogP) is 4.29. The monoisotopic (exact) mass is 300 g/mol. The topological polar surface area (TPSA) is 33.4 Å². The third-order valence-corrected chi connectivity index (χ3v) is 3.65. The Labute approximate surface area is 106 Å². The van der Waals surface area contributed by atoms with Crippen molar-refractivity contribution in [2.24, 2.45) is 5.92 Å². The van der Waals surface area contributed by atoms with Gasteiger partial charge in [-0.25, -0.2) is 0 Å². The Balaban J connectivity index is 2.11. The number of furan rings is 1. The van der Waals surface area contributed by atoms with Crippen molar-refractivity contribution in [2.75, 3.05) is 0 Å². The first-order chi connectivity index (χ1) is 7.65. The fourth-order valence-corrected chi connectivity index (χ4v) is 2.76. The lowest BCUT2D eigenvalue weighted by Crippen LogP contribution is -1.96. The van der Waals surface area contributed by atoms with Gasteiger partial charge in [-0.1, -0.05) is 27.5 Å². The van der Waals surface area contributed by atoms with Crippen molar-refractivity contribution in [3.05, 3.63) is 33.5 Å². The second-order valence-electron chi connectivity index (χ2n) is 4.24. The van der Waals surface area contributed by atoms with Crippen LogP contribution < -0.4 is 0 Å². The van der Waals surface area contributed by atoms with Crippen LogP contribution in [0.4, 0.5) is 0 Å². The highest BCUT2D eigenvalue weighted by molar-refractivity contribution is 9.10. The number of halogens is 2. The van der Waals surface area contributed by atoms with Crippen LogP contribution in [0.3, 0.4) is 0 Å². The zero-order valence-corrected chi connectivity index (χ0v) is 10.8. The maximum absolute atomic E-state index is 9.97. The van der Waals surface area contributed by atoms with Crippen LogP contribution in [-0.4, -0.2) is 5.11 Å². The van der Waals surface area contributed by atoms with Gasteiger partial charge in [-0.2, -0.15) is 0 Å². The van der Waals surface area contributed by atoms with Crippen LogP contribution in [0.5, 0.6) is 0 Å². The SMILES string of the molecule is OC(c1cc2cc(Br)cc(Cl)c2o1)C1CC1. The van der Waals surface area contributed by atoms with Gasteiger partial charge in [-0.05, 0) is 37.0 Å². The minimum absolute atomic E-state index is 0.364. The fourth-order valence-electron chi connectivity index (χ4n) is 1.89. The van der Waals surface area contributed by atoms with Gasteiger partial charge in [0.25, 0.3) is 0 Å². The summed E-state index contributed by atoms with van der Waals surface area (Å²) < 4.78 is 6.53. The molecule has 0 saturated heterocycles. The van der Waals surface area contributed by atoms with Crippen molar-refractivity contribution >= 4 is 38.5 Å². The van der Waals surface area contributed by atoms with Crippen LogP contribution in [0, 0.1) is 5.92 Å². The molecular weight excluding hydrogens is 291 g/mol. The minimum atomic E-state index is -0.484. The molecule has 4 heteroatoms. The van der Waals surface area contributed by atoms with E-state index < -0.39 is 6.10 Å². The number of hydrogen-bond acceptors (Lipinski definition) is 2. The molecule has 1 N–H and O–H groups in total. The molecular formula is C12H10BrClO2. The molecule has 1 atom stereocenters. The highest BCUT2D eigenvalue weighted by Crippen LogP contribution is 2.43. The second kappa shape index (κ2) is 3.76. The molecule has 1 fully saturated rings. The van der Waals surface area contributed by atoms with E-state index in [0.717, 1.165) is 22.7 Å². The van der Waals surface area contributed by atoms with E-state index >= 15 is 0 Å². The largest absolute Gasteiger partial charge is 0.457 e. The molecule has 0 amide bonds. The minimum Gasteiger partial charge on any atom is -0.457 e. The Morgan fingerprint density at radius 2 is 2.12 bits per heavy atom. The molecule has 0 spiro atoms. The molecule has 1 aromatic heterocycles. The Morgan fingerprint density at radius 3 is 2.81 bits per heavy atom. The number of fused-ring (bicyclic) bond motifs is 1. The molecule has 2 nitrogen and oxygen atoms in total. The summed E-state index contributed by atoms with van der Waals surface area (Å²) in [5.41, 5.74) is 0.652. The van der Waals surface area contributed by atoms with Gasteiger partial charge in [0, 0.05) is 9.86 Å². The van der Waals surface area contributed by atoms with Gasteiger partial charge in [0.1, 0.15) is 11.9 Å². The van der Waals surface area contributed by atoms with Crippen LogP contribution in [0.1, 0.15) is 24.7 Å². The van der Waals surface area contributed by atoms with E-state index in [4.69, 9.17) is 16.0 Å². The van der Waals surface area contributed by atoms with Crippen molar-refractivity contribution in [1.82, 2.24) is 0 Å². The standard InChI is InChI=1S/C12H10BrClO2/c13-8-3-7-4-10(11(15)6-1-2-6)16-12(7)9(14)5-8/h3-6,11,15H,1-2H2. The molecule has 1 aromatic carbocycles. The van der Waals surface area contributed by atoms with Crippen molar-refractivity contribution in [2.45, 2.75) is 18.9 Å². The van der Waals surface area contributed by atoms with E-state index in [1.54, 1.807) is 6.07 Å². The van der Waals surface area contributed by atoms with Crippen LogP contribution in [0.2, 0.25) is 5.02 Å². The number of rotatable bonds is 2. The fraction of sp³-hybridized carbons (Fsp3) is 0.333. The first-order valence-electron chi connectivity index (χ1n) is 5.21. The van der Waals surface area contributed by atoms with Crippen molar-refractivity contribution in [1.29, 1.82) is 0 Å². The van der Waals surface area contributed by atoms with Gasteiger partial charge in [0.05, 0.1) is 5.02 Å². The molecule has 84 valence electrons. The molecule has 2 aromatic rings. The van der Waals surface area contributed by atoms with E-state index in [9.17, 15) is 5.11 Å². The lowest BCUT2D eigenvalue weighted by Gasteiger charge is -2.03. The van der Waals surface area contributed by atoms with Crippen LogP contribution in [0.15, 0.2) is 27.1 Å². The van der Waals surface area contributed by atoms with Gasteiger partial charge < -0.3 is 9.52 Å². The molecule has 1 unspecified atom stereocenters. The van der Waals surface area contributed by atoms with E-state index in [1.165, 1.54) is 0 Å². The maximum atomic E-state index is 9.97. The van der Waals surface area contributed by atoms with E-state index in [2.05, 4.69) is 15.9 Å².